The molecule has 0 radical (unpaired) electrons. The number of carbonyl (C=O) groups is 1. The van der Waals surface area contributed by atoms with Crippen molar-refractivity contribution in [2.24, 2.45) is 10.9 Å². The first-order chi connectivity index (χ1) is 18.6. The van der Waals surface area contributed by atoms with Gasteiger partial charge in [-0.3, -0.25) is 19.9 Å². The van der Waals surface area contributed by atoms with Crippen LogP contribution in [0.1, 0.15) is 30.7 Å². The van der Waals surface area contributed by atoms with Gasteiger partial charge in [-0.2, -0.15) is 5.10 Å². The Bertz CT molecular complexity index is 1820. The van der Waals surface area contributed by atoms with Gasteiger partial charge >= 0.3 is 0 Å². The normalized spacial score (nSPS) is 16.8. The van der Waals surface area contributed by atoms with Crippen LogP contribution < -0.4 is 16.0 Å². The quantitative estimate of drug-likeness (QED) is 0.334. The number of imidazole rings is 1. The number of anilines is 1. The fraction of sp³-hybridized carbons (Fsp3) is 0.207. The van der Waals surface area contributed by atoms with Crippen LogP contribution in [-0.4, -0.2) is 37.6 Å². The highest BCUT2D eigenvalue weighted by atomic mass is 19.1. The van der Waals surface area contributed by atoms with Crippen molar-refractivity contribution in [1.82, 2.24) is 25.1 Å². The Labute approximate surface area is 216 Å². The van der Waals surface area contributed by atoms with E-state index in [1.165, 1.54) is 6.07 Å². The third-order valence-electron chi connectivity index (χ3n) is 7.43. The number of para-hydroxylation sites is 1. The van der Waals surface area contributed by atoms with Gasteiger partial charge in [0.05, 0.1) is 29.5 Å². The second kappa shape index (κ2) is 9.02. The Morgan fingerprint density at radius 3 is 2.76 bits per heavy atom. The van der Waals surface area contributed by atoms with Crippen LogP contribution in [0.4, 0.5) is 10.1 Å². The molecule has 188 valence electrons. The van der Waals surface area contributed by atoms with Gasteiger partial charge < -0.3 is 10.3 Å². The number of fused-ring (bicyclic) bond motifs is 2. The van der Waals surface area contributed by atoms with Crippen molar-refractivity contribution in [2.45, 2.75) is 25.2 Å². The molecule has 1 atom stereocenters. The molecule has 4 heterocycles. The standard InChI is InChI=1S/C29H24FN7O/c30-23-9-2-1-7-20(23)21-8-4-10-24-25(21)35-28(34-24)26-22-12-18(14-32-27(22)37-36-26)17-11-19(15-31-13-17)33-29(38)16-5-3-6-16/h1-2,4,7-13,15-16,18H,3,5-6,14H2,(H,32,37)(H,33,38)(H,34,35). The summed E-state index contributed by atoms with van der Waals surface area (Å²) in [6.07, 6.45) is 8.60. The van der Waals surface area contributed by atoms with E-state index < -0.39 is 0 Å². The lowest BCUT2D eigenvalue weighted by Gasteiger charge is -2.24. The van der Waals surface area contributed by atoms with Crippen LogP contribution in [0.2, 0.25) is 0 Å². The average Bonchev–Trinajstić information content (AvgIpc) is 3.52. The molecule has 5 aromatic rings. The van der Waals surface area contributed by atoms with E-state index in [9.17, 15) is 9.18 Å². The fourth-order valence-corrected chi connectivity index (χ4v) is 5.13. The molecule has 8 nitrogen and oxygen atoms in total. The maximum atomic E-state index is 14.6. The molecule has 3 aromatic heterocycles. The summed E-state index contributed by atoms with van der Waals surface area (Å²) in [6, 6.07) is 14.3. The maximum Gasteiger partial charge on any atom is 0.227 e. The van der Waals surface area contributed by atoms with Gasteiger partial charge in [-0.15, -0.1) is 0 Å². The molecule has 1 aliphatic carbocycles. The summed E-state index contributed by atoms with van der Waals surface area (Å²) in [5.74, 6) is 0.412. The number of hydrogen-bond acceptors (Lipinski definition) is 5. The summed E-state index contributed by atoms with van der Waals surface area (Å²) in [6.45, 7) is 0.536. The number of aromatic nitrogens is 5. The van der Waals surface area contributed by atoms with Gasteiger partial charge in [0.25, 0.3) is 0 Å². The van der Waals surface area contributed by atoms with E-state index in [1.807, 2.05) is 36.5 Å². The maximum absolute atomic E-state index is 14.6. The molecule has 1 saturated carbocycles. The molecule has 3 N–H and O–H groups in total. The molecular formula is C29H24FN7O. The summed E-state index contributed by atoms with van der Waals surface area (Å²) in [4.78, 5) is 29.7. The fourth-order valence-electron chi connectivity index (χ4n) is 5.13. The van der Waals surface area contributed by atoms with Crippen molar-refractivity contribution in [1.29, 1.82) is 0 Å². The highest BCUT2D eigenvalue weighted by Gasteiger charge is 2.25. The zero-order chi connectivity index (χ0) is 25.6. The minimum Gasteiger partial charge on any atom is -0.337 e. The SMILES string of the molecule is O=C(Nc1cncc(C2C=c3c(-c4nc5c(-c6ccccc6F)cccc5[nH]4)n[nH]c3=NC2)c1)C1CCC1. The molecule has 9 heteroatoms. The van der Waals surface area contributed by atoms with Crippen LogP contribution in [0.15, 0.2) is 65.9 Å². The summed E-state index contributed by atoms with van der Waals surface area (Å²) < 4.78 is 14.6. The van der Waals surface area contributed by atoms with E-state index >= 15 is 0 Å². The minimum atomic E-state index is -0.295. The highest BCUT2D eigenvalue weighted by molar-refractivity contribution is 5.94. The topological polar surface area (TPSA) is 112 Å². The van der Waals surface area contributed by atoms with Crippen LogP contribution in [0.25, 0.3) is 39.8 Å². The number of nitrogens with zero attached hydrogens (tertiary/aromatic N) is 4. The van der Waals surface area contributed by atoms with Gasteiger partial charge in [0, 0.05) is 34.4 Å². The number of carbonyl (C=O) groups excluding carboxylic acids is 1. The number of halogens is 1. The summed E-state index contributed by atoms with van der Waals surface area (Å²) in [5, 5.41) is 11.4. The van der Waals surface area contributed by atoms with Crippen LogP contribution in [0.5, 0.6) is 0 Å². The predicted octanol–water partition coefficient (Wildman–Crippen LogP) is 4.09. The van der Waals surface area contributed by atoms with Crippen LogP contribution >= 0.6 is 0 Å². The predicted molar refractivity (Wildman–Crippen MR) is 142 cm³/mol. The number of benzene rings is 2. The third-order valence-corrected chi connectivity index (χ3v) is 7.43. The molecule has 1 fully saturated rings. The van der Waals surface area contributed by atoms with Gasteiger partial charge in [0.2, 0.25) is 5.91 Å². The van der Waals surface area contributed by atoms with Crippen LogP contribution in [0.3, 0.4) is 0 Å². The second-order valence-electron chi connectivity index (χ2n) is 9.84. The molecule has 0 spiro atoms. The molecule has 0 bridgehead atoms. The van der Waals surface area contributed by atoms with E-state index in [-0.39, 0.29) is 23.6 Å². The first-order valence-corrected chi connectivity index (χ1v) is 12.7. The van der Waals surface area contributed by atoms with Crippen molar-refractivity contribution in [2.75, 3.05) is 11.9 Å². The molecule has 38 heavy (non-hydrogen) atoms. The molecule has 2 aromatic carbocycles. The number of aromatic amines is 2. The van der Waals surface area contributed by atoms with Gasteiger partial charge in [0.15, 0.2) is 11.3 Å². The first-order valence-electron chi connectivity index (χ1n) is 12.7. The number of pyridine rings is 1. The Hall–Kier alpha value is -4.66. The number of amides is 1. The van der Waals surface area contributed by atoms with E-state index in [1.54, 1.807) is 18.3 Å². The van der Waals surface area contributed by atoms with Crippen molar-refractivity contribution < 1.29 is 9.18 Å². The van der Waals surface area contributed by atoms with Gasteiger partial charge in [-0.05, 0) is 36.6 Å². The van der Waals surface area contributed by atoms with E-state index in [0.717, 1.165) is 35.6 Å². The number of hydrogen-bond donors (Lipinski definition) is 3. The van der Waals surface area contributed by atoms with Gasteiger partial charge in [-0.25, -0.2) is 9.37 Å². The highest BCUT2D eigenvalue weighted by Crippen LogP contribution is 2.31. The molecule has 0 saturated heterocycles. The van der Waals surface area contributed by atoms with Crippen molar-refractivity contribution in [3.05, 3.63) is 83.0 Å². The third kappa shape index (κ3) is 3.87. The van der Waals surface area contributed by atoms with E-state index in [0.29, 0.717) is 45.9 Å². The monoisotopic (exact) mass is 505 g/mol. The number of rotatable bonds is 5. The van der Waals surface area contributed by atoms with Crippen LogP contribution in [-0.2, 0) is 4.79 Å². The average molecular weight is 506 g/mol. The first kappa shape index (κ1) is 22.5. The molecule has 2 aliphatic rings. The minimum absolute atomic E-state index is 0.0368. The number of nitrogens with one attached hydrogen (secondary N) is 3. The lowest BCUT2D eigenvalue weighted by molar-refractivity contribution is -0.122. The summed E-state index contributed by atoms with van der Waals surface area (Å²) in [7, 11) is 0. The Balaban J connectivity index is 1.25. The molecular weight excluding hydrogens is 481 g/mol. The number of H-pyrrole nitrogens is 2. The molecule has 1 unspecified atom stereocenters. The largest absolute Gasteiger partial charge is 0.337 e. The molecule has 1 amide bonds. The van der Waals surface area contributed by atoms with Gasteiger partial charge in [-0.1, -0.05) is 42.8 Å². The second-order valence-corrected chi connectivity index (χ2v) is 9.84. The van der Waals surface area contributed by atoms with Crippen LogP contribution in [0, 0.1) is 11.7 Å². The van der Waals surface area contributed by atoms with Crippen molar-refractivity contribution in [3.8, 4) is 22.6 Å². The lowest BCUT2D eigenvalue weighted by Crippen LogP contribution is -2.30. The van der Waals surface area contributed by atoms with Gasteiger partial charge in [0.1, 0.15) is 11.5 Å². The Morgan fingerprint density at radius 2 is 1.92 bits per heavy atom. The lowest BCUT2D eigenvalue weighted by atomic mass is 9.85. The Kier molecular flexibility index (Phi) is 5.35. The van der Waals surface area contributed by atoms with Crippen molar-refractivity contribution >= 4 is 28.7 Å². The molecule has 7 rings (SSSR count). The van der Waals surface area contributed by atoms with Crippen molar-refractivity contribution in [3.63, 3.8) is 0 Å². The smallest absolute Gasteiger partial charge is 0.227 e. The zero-order valence-electron chi connectivity index (χ0n) is 20.4. The zero-order valence-corrected chi connectivity index (χ0v) is 20.4. The Morgan fingerprint density at radius 1 is 1.05 bits per heavy atom. The van der Waals surface area contributed by atoms with E-state index in [2.05, 4.69) is 31.6 Å². The summed E-state index contributed by atoms with van der Waals surface area (Å²) >= 11 is 0. The molecule has 1 aliphatic heterocycles. The summed E-state index contributed by atoms with van der Waals surface area (Å²) in [5.41, 5.74) is 5.67. The van der Waals surface area contributed by atoms with E-state index in [4.69, 9.17) is 9.98 Å².